The van der Waals surface area contributed by atoms with E-state index in [1.165, 1.54) is 23.2 Å². The standard InChI is InChI=1S/C15H18N2.ClH/c1-12-5-7-13(8-6-12)15-14-4-2-10-17(14)11-3-9-16-15;/h2,4-8,10,15-16H,3,9,11H2,1H3;1H. The van der Waals surface area contributed by atoms with Crippen LogP contribution in [0.5, 0.6) is 0 Å². The second-order valence-corrected chi connectivity index (χ2v) is 4.78. The van der Waals surface area contributed by atoms with Crippen LogP contribution < -0.4 is 5.32 Å². The lowest BCUT2D eigenvalue weighted by atomic mass is 10.0. The molecule has 0 saturated carbocycles. The van der Waals surface area contributed by atoms with E-state index in [2.05, 4.69) is 59.4 Å². The van der Waals surface area contributed by atoms with Crippen LogP contribution in [0.1, 0.15) is 29.3 Å². The molecule has 1 aromatic heterocycles. The zero-order chi connectivity index (χ0) is 11.7. The number of hydrogen-bond acceptors (Lipinski definition) is 1. The summed E-state index contributed by atoms with van der Waals surface area (Å²) in [6, 6.07) is 13.6. The molecule has 2 aromatic rings. The Morgan fingerprint density at radius 2 is 1.94 bits per heavy atom. The average molecular weight is 263 g/mol. The van der Waals surface area contributed by atoms with Crippen LogP contribution in [0, 0.1) is 6.92 Å². The van der Waals surface area contributed by atoms with Crippen LogP contribution >= 0.6 is 12.4 Å². The van der Waals surface area contributed by atoms with E-state index >= 15 is 0 Å². The van der Waals surface area contributed by atoms with Crippen molar-refractivity contribution < 1.29 is 0 Å². The zero-order valence-electron chi connectivity index (χ0n) is 10.6. The fourth-order valence-electron chi connectivity index (χ4n) is 2.54. The predicted octanol–water partition coefficient (Wildman–Crippen LogP) is 3.30. The van der Waals surface area contributed by atoms with Gasteiger partial charge in [0.25, 0.3) is 0 Å². The lowest BCUT2D eigenvalue weighted by Gasteiger charge is -2.18. The van der Waals surface area contributed by atoms with Gasteiger partial charge in [-0.15, -0.1) is 12.4 Å². The third-order valence-electron chi connectivity index (χ3n) is 3.50. The van der Waals surface area contributed by atoms with Gasteiger partial charge in [-0.2, -0.15) is 0 Å². The van der Waals surface area contributed by atoms with Gasteiger partial charge in [-0.25, -0.2) is 0 Å². The quantitative estimate of drug-likeness (QED) is 0.835. The van der Waals surface area contributed by atoms with E-state index < -0.39 is 0 Å². The van der Waals surface area contributed by atoms with Crippen molar-refractivity contribution in [2.75, 3.05) is 6.54 Å². The van der Waals surface area contributed by atoms with Gasteiger partial charge in [0.05, 0.1) is 6.04 Å². The maximum atomic E-state index is 3.64. The van der Waals surface area contributed by atoms with Gasteiger partial charge < -0.3 is 9.88 Å². The molecule has 0 fully saturated rings. The Balaban J connectivity index is 0.00000120. The van der Waals surface area contributed by atoms with E-state index in [0.29, 0.717) is 6.04 Å². The van der Waals surface area contributed by atoms with Gasteiger partial charge in [-0.05, 0) is 37.6 Å². The number of nitrogens with one attached hydrogen (secondary N) is 1. The Morgan fingerprint density at radius 3 is 2.72 bits per heavy atom. The number of halogens is 1. The number of aryl methyl sites for hydroxylation is 2. The van der Waals surface area contributed by atoms with Crippen molar-refractivity contribution in [2.45, 2.75) is 25.9 Å². The normalized spacial score (nSPS) is 18.6. The summed E-state index contributed by atoms with van der Waals surface area (Å²) >= 11 is 0. The lowest BCUT2D eigenvalue weighted by Crippen LogP contribution is -2.22. The van der Waals surface area contributed by atoms with Gasteiger partial charge in [0.1, 0.15) is 0 Å². The number of rotatable bonds is 1. The first kappa shape index (κ1) is 13.2. The minimum absolute atomic E-state index is 0. The second-order valence-electron chi connectivity index (χ2n) is 4.78. The molecule has 3 heteroatoms. The highest BCUT2D eigenvalue weighted by Crippen LogP contribution is 2.25. The van der Waals surface area contributed by atoms with E-state index in [1.54, 1.807) is 0 Å². The van der Waals surface area contributed by atoms with Crippen molar-refractivity contribution in [3.8, 4) is 0 Å². The summed E-state index contributed by atoms with van der Waals surface area (Å²) in [5.74, 6) is 0. The molecule has 0 spiro atoms. The molecule has 1 N–H and O–H groups in total. The first-order valence-corrected chi connectivity index (χ1v) is 6.29. The largest absolute Gasteiger partial charge is 0.350 e. The summed E-state index contributed by atoms with van der Waals surface area (Å²) in [6.45, 7) is 4.34. The van der Waals surface area contributed by atoms with E-state index in [-0.39, 0.29) is 12.4 Å². The fourth-order valence-corrected chi connectivity index (χ4v) is 2.54. The molecule has 0 saturated heterocycles. The topological polar surface area (TPSA) is 17.0 Å². The van der Waals surface area contributed by atoms with Crippen LogP contribution in [0.25, 0.3) is 0 Å². The number of fused-ring (bicyclic) bond motifs is 1. The first-order valence-electron chi connectivity index (χ1n) is 6.29. The van der Waals surface area contributed by atoms with E-state index in [9.17, 15) is 0 Å². The Hall–Kier alpha value is -1.25. The highest BCUT2D eigenvalue weighted by Gasteiger charge is 2.18. The number of hydrogen-bond donors (Lipinski definition) is 1. The summed E-state index contributed by atoms with van der Waals surface area (Å²) in [5, 5.41) is 3.64. The SMILES string of the molecule is Cc1ccc(C2NCCCn3cccc32)cc1.Cl. The number of nitrogens with zero attached hydrogens (tertiary/aromatic N) is 1. The summed E-state index contributed by atoms with van der Waals surface area (Å²) in [4.78, 5) is 0. The highest BCUT2D eigenvalue weighted by molar-refractivity contribution is 5.85. The molecule has 1 unspecified atom stereocenters. The molecule has 18 heavy (non-hydrogen) atoms. The molecule has 0 radical (unpaired) electrons. The molecule has 1 aliphatic heterocycles. The molecule has 1 aliphatic rings. The van der Waals surface area contributed by atoms with Crippen molar-refractivity contribution in [1.29, 1.82) is 0 Å². The van der Waals surface area contributed by atoms with Crippen LogP contribution in [0.3, 0.4) is 0 Å². The van der Waals surface area contributed by atoms with Crippen LogP contribution in [0.15, 0.2) is 42.6 Å². The van der Waals surface area contributed by atoms with Gasteiger partial charge in [0, 0.05) is 18.4 Å². The Morgan fingerprint density at radius 1 is 1.17 bits per heavy atom. The third kappa shape index (κ3) is 2.45. The maximum Gasteiger partial charge on any atom is 0.0731 e. The number of benzene rings is 1. The molecular formula is C15H19ClN2. The molecule has 2 heterocycles. The monoisotopic (exact) mass is 262 g/mol. The van der Waals surface area contributed by atoms with Gasteiger partial charge >= 0.3 is 0 Å². The second kappa shape index (κ2) is 5.59. The smallest absolute Gasteiger partial charge is 0.0731 e. The van der Waals surface area contributed by atoms with E-state index in [4.69, 9.17) is 0 Å². The van der Waals surface area contributed by atoms with Crippen molar-refractivity contribution in [3.63, 3.8) is 0 Å². The molecule has 1 atom stereocenters. The minimum Gasteiger partial charge on any atom is -0.350 e. The van der Waals surface area contributed by atoms with Crippen LogP contribution in [-0.2, 0) is 6.54 Å². The van der Waals surface area contributed by atoms with Crippen molar-refractivity contribution in [2.24, 2.45) is 0 Å². The van der Waals surface area contributed by atoms with Crippen molar-refractivity contribution in [3.05, 3.63) is 59.4 Å². The van der Waals surface area contributed by atoms with Crippen LogP contribution in [0.4, 0.5) is 0 Å². The van der Waals surface area contributed by atoms with Gasteiger partial charge in [0.2, 0.25) is 0 Å². The lowest BCUT2D eigenvalue weighted by molar-refractivity contribution is 0.609. The summed E-state index contributed by atoms with van der Waals surface area (Å²) < 4.78 is 2.37. The molecule has 1 aromatic carbocycles. The molecule has 0 bridgehead atoms. The Labute approximate surface area is 114 Å². The summed E-state index contributed by atoms with van der Waals surface area (Å²) in [6.07, 6.45) is 3.38. The van der Waals surface area contributed by atoms with Crippen LogP contribution in [-0.4, -0.2) is 11.1 Å². The van der Waals surface area contributed by atoms with Crippen molar-refractivity contribution >= 4 is 12.4 Å². The molecular weight excluding hydrogens is 244 g/mol. The molecule has 2 nitrogen and oxygen atoms in total. The van der Waals surface area contributed by atoms with Gasteiger partial charge in [0.15, 0.2) is 0 Å². The molecule has 3 rings (SSSR count). The summed E-state index contributed by atoms with van der Waals surface area (Å²) in [5.41, 5.74) is 4.06. The Bertz CT molecular complexity index is 501. The fraction of sp³-hybridized carbons (Fsp3) is 0.333. The first-order chi connectivity index (χ1) is 8.34. The summed E-state index contributed by atoms with van der Waals surface area (Å²) in [7, 11) is 0. The van der Waals surface area contributed by atoms with Gasteiger partial charge in [-0.1, -0.05) is 29.8 Å². The minimum atomic E-state index is 0. The maximum absolute atomic E-state index is 3.64. The van der Waals surface area contributed by atoms with E-state index in [1.807, 2.05) is 0 Å². The zero-order valence-corrected chi connectivity index (χ0v) is 11.4. The third-order valence-corrected chi connectivity index (χ3v) is 3.50. The van der Waals surface area contributed by atoms with E-state index in [0.717, 1.165) is 13.1 Å². The highest BCUT2D eigenvalue weighted by atomic mass is 35.5. The molecule has 0 aliphatic carbocycles. The average Bonchev–Trinajstić information content (AvgIpc) is 2.71. The Kier molecular flexibility index (Phi) is 4.10. The van der Waals surface area contributed by atoms with Crippen molar-refractivity contribution in [1.82, 2.24) is 9.88 Å². The predicted molar refractivity (Wildman–Crippen MR) is 77.3 cm³/mol. The number of aromatic nitrogens is 1. The van der Waals surface area contributed by atoms with Crippen LogP contribution in [0.2, 0.25) is 0 Å². The van der Waals surface area contributed by atoms with Gasteiger partial charge in [-0.3, -0.25) is 0 Å². The molecule has 96 valence electrons. The molecule has 0 amide bonds.